The van der Waals surface area contributed by atoms with Crippen molar-refractivity contribution in [2.75, 3.05) is 13.1 Å². The smallest absolute Gasteiger partial charge is 0.166 e. The van der Waals surface area contributed by atoms with E-state index in [0.717, 1.165) is 19.5 Å². The molecule has 1 aromatic rings. The molecule has 1 saturated heterocycles. The van der Waals surface area contributed by atoms with Crippen LogP contribution in [0.25, 0.3) is 0 Å². The monoisotopic (exact) mass is 205 g/mol. The number of carbonyl (C=O) groups is 1. The van der Waals surface area contributed by atoms with E-state index in [1.807, 2.05) is 0 Å². The number of rotatable bonds is 3. The molecule has 3 nitrogen and oxygen atoms in total. The number of aromatic hydroxyl groups is 1. The molecule has 2 rings (SSSR count). The predicted octanol–water partition coefficient (Wildman–Crippen LogP) is 1.57. The molecule has 1 heterocycles. The Morgan fingerprint density at radius 3 is 2.93 bits per heavy atom. The van der Waals surface area contributed by atoms with Crippen LogP contribution in [0.2, 0.25) is 0 Å². The molecular weight excluding hydrogens is 190 g/mol. The number of carbonyl (C=O) groups excluding carboxylic acids is 1. The number of hydrogen-bond donors (Lipinski definition) is 2. The number of ketones is 1. The van der Waals surface area contributed by atoms with Gasteiger partial charge in [0, 0.05) is 6.42 Å². The first-order valence-electron chi connectivity index (χ1n) is 5.29. The van der Waals surface area contributed by atoms with Gasteiger partial charge in [0.15, 0.2) is 5.78 Å². The molecule has 0 aliphatic carbocycles. The number of phenolic OH excluding ortho intramolecular Hbond substituents is 1. The highest BCUT2D eigenvalue weighted by atomic mass is 16.3. The summed E-state index contributed by atoms with van der Waals surface area (Å²) in [5, 5.41) is 12.7. The van der Waals surface area contributed by atoms with Gasteiger partial charge < -0.3 is 10.4 Å². The molecule has 0 radical (unpaired) electrons. The Labute approximate surface area is 89.1 Å². The van der Waals surface area contributed by atoms with Crippen LogP contribution in [0.3, 0.4) is 0 Å². The minimum Gasteiger partial charge on any atom is -0.507 e. The summed E-state index contributed by atoms with van der Waals surface area (Å²) in [5.74, 6) is 0.562. The van der Waals surface area contributed by atoms with Gasteiger partial charge in [-0.25, -0.2) is 0 Å². The lowest BCUT2D eigenvalue weighted by atomic mass is 9.97. The van der Waals surface area contributed by atoms with Gasteiger partial charge in [0.2, 0.25) is 0 Å². The molecule has 2 N–H and O–H groups in total. The minimum absolute atomic E-state index is 0.0433. The molecule has 1 aromatic carbocycles. The van der Waals surface area contributed by atoms with E-state index in [0.29, 0.717) is 17.9 Å². The number of nitrogens with one attached hydrogen (secondary N) is 1. The molecule has 0 bridgehead atoms. The van der Waals surface area contributed by atoms with Gasteiger partial charge in [-0.05, 0) is 37.6 Å². The van der Waals surface area contributed by atoms with Gasteiger partial charge in [-0.15, -0.1) is 0 Å². The van der Waals surface area contributed by atoms with Crippen molar-refractivity contribution in [3.05, 3.63) is 29.8 Å². The molecule has 3 heteroatoms. The Hall–Kier alpha value is -1.35. The lowest BCUT2D eigenvalue weighted by Gasteiger charge is -2.07. The summed E-state index contributed by atoms with van der Waals surface area (Å²) in [7, 11) is 0. The Morgan fingerprint density at radius 2 is 2.27 bits per heavy atom. The summed E-state index contributed by atoms with van der Waals surface area (Å²) < 4.78 is 0. The zero-order chi connectivity index (χ0) is 10.7. The first kappa shape index (κ1) is 10.2. The summed E-state index contributed by atoms with van der Waals surface area (Å²) in [4.78, 5) is 11.8. The molecule has 1 atom stereocenters. The summed E-state index contributed by atoms with van der Waals surface area (Å²) in [5.41, 5.74) is 0.449. The van der Waals surface area contributed by atoms with Crippen LogP contribution in [-0.4, -0.2) is 24.0 Å². The van der Waals surface area contributed by atoms with Crippen LogP contribution in [0.4, 0.5) is 0 Å². The van der Waals surface area contributed by atoms with E-state index in [1.165, 1.54) is 0 Å². The van der Waals surface area contributed by atoms with Crippen molar-refractivity contribution in [2.45, 2.75) is 12.8 Å². The fourth-order valence-electron chi connectivity index (χ4n) is 1.97. The van der Waals surface area contributed by atoms with E-state index in [4.69, 9.17) is 0 Å². The van der Waals surface area contributed by atoms with Crippen LogP contribution in [0.1, 0.15) is 23.2 Å². The summed E-state index contributed by atoms with van der Waals surface area (Å²) >= 11 is 0. The van der Waals surface area contributed by atoms with Crippen molar-refractivity contribution in [1.29, 1.82) is 0 Å². The molecule has 15 heavy (non-hydrogen) atoms. The van der Waals surface area contributed by atoms with Gasteiger partial charge in [0.05, 0.1) is 5.56 Å². The largest absolute Gasteiger partial charge is 0.507 e. The van der Waals surface area contributed by atoms with Crippen molar-refractivity contribution < 1.29 is 9.90 Å². The Morgan fingerprint density at radius 1 is 1.47 bits per heavy atom. The van der Waals surface area contributed by atoms with E-state index in [1.54, 1.807) is 24.3 Å². The average Bonchev–Trinajstić information content (AvgIpc) is 2.71. The SMILES string of the molecule is O=C(CC1CCNC1)c1ccccc1O. The fourth-order valence-corrected chi connectivity index (χ4v) is 1.97. The number of hydrogen-bond acceptors (Lipinski definition) is 3. The molecular formula is C12H15NO2. The van der Waals surface area contributed by atoms with E-state index in [9.17, 15) is 9.90 Å². The molecule has 0 saturated carbocycles. The number of phenols is 1. The Kier molecular flexibility index (Phi) is 3.02. The highest BCUT2D eigenvalue weighted by Gasteiger charge is 2.20. The molecule has 80 valence electrons. The number of Topliss-reactive ketones (excluding diaryl/α,β-unsaturated/α-hetero) is 1. The van der Waals surface area contributed by atoms with Gasteiger partial charge in [-0.3, -0.25) is 4.79 Å². The molecule has 1 fully saturated rings. The highest BCUT2D eigenvalue weighted by Crippen LogP contribution is 2.21. The molecule has 0 aromatic heterocycles. The standard InChI is InChI=1S/C12H15NO2/c14-11-4-2-1-3-10(11)12(15)7-9-5-6-13-8-9/h1-4,9,13-14H,5-8H2. The lowest BCUT2D eigenvalue weighted by Crippen LogP contribution is -2.12. The fraction of sp³-hybridized carbons (Fsp3) is 0.417. The van der Waals surface area contributed by atoms with E-state index >= 15 is 0 Å². The maximum absolute atomic E-state index is 11.8. The Bertz CT molecular complexity index is 356. The first-order chi connectivity index (χ1) is 7.27. The molecule has 1 aliphatic heterocycles. The van der Waals surface area contributed by atoms with Crippen LogP contribution >= 0.6 is 0 Å². The zero-order valence-electron chi connectivity index (χ0n) is 8.57. The third kappa shape index (κ3) is 2.36. The third-order valence-electron chi connectivity index (χ3n) is 2.84. The van der Waals surface area contributed by atoms with Gasteiger partial charge in [-0.1, -0.05) is 12.1 Å². The topological polar surface area (TPSA) is 49.3 Å². The van der Waals surface area contributed by atoms with Crippen LogP contribution in [0.15, 0.2) is 24.3 Å². The average molecular weight is 205 g/mol. The van der Waals surface area contributed by atoms with Crippen molar-refractivity contribution >= 4 is 5.78 Å². The van der Waals surface area contributed by atoms with Crippen molar-refractivity contribution in [3.8, 4) is 5.75 Å². The molecule has 0 amide bonds. The second-order valence-electron chi connectivity index (χ2n) is 4.00. The van der Waals surface area contributed by atoms with Crippen molar-refractivity contribution in [3.63, 3.8) is 0 Å². The first-order valence-corrected chi connectivity index (χ1v) is 5.29. The van der Waals surface area contributed by atoms with E-state index < -0.39 is 0 Å². The second kappa shape index (κ2) is 4.45. The predicted molar refractivity (Wildman–Crippen MR) is 58.0 cm³/mol. The third-order valence-corrected chi connectivity index (χ3v) is 2.84. The number of para-hydroxylation sites is 1. The normalized spacial score (nSPS) is 20.4. The quantitative estimate of drug-likeness (QED) is 0.736. The van der Waals surface area contributed by atoms with E-state index in [-0.39, 0.29) is 11.5 Å². The summed E-state index contributed by atoms with van der Waals surface area (Å²) in [6.45, 7) is 1.91. The lowest BCUT2D eigenvalue weighted by molar-refractivity contribution is 0.0962. The van der Waals surface area contributed by atoms with Gasteiger partial charge >= 0.3 is 0 Å². The molecule has 1 aliphatic rings. The van der Waals surface area contributed by atoms with E-state index in [2.05, 4.69) is 5.32 Å². The van der Waals surface area contributed by atoms with Crippen LogP contribution in [0, 0.1) is 5.92 Å². The second-order valence-corrected chi connectivity index (χ2v) is 4.00. The van der Waals surface area contributed by atoms with Gasteiger partial charge in [-0.2, -0.15) is 0 Å². The number of benzene rings is 1. The maximum Gasteiger partial charge on any atom is 0.166 e. The summed E-state index contributed by atoms with van der Waals surface area (Å²) in [6, 6.07) is 6.74. The van der Waals surface area contributed by atoms with Crippen LogP contribution < -0.4 is 5.32 Å². The molecule has 1 unspecified atom stereocenters. The zero-order valence-corrected chi connectivity index (χ0v) is 8.57. The van der Waals surface area contributed by atoms with Crippen molar-refractivity contribution in [2.24, 2.45) is 5.92 Å². The van der Waals surface area contributed by atoms with Crippen molar-refractivity contribution in [1.82, 2.24) is 5.32 Å². The highest BCUT2D eigenvalue weighted by molar-refractivity contribution is 5.98. The Balaban J connectivity index is 2.04. The summed E-state index contributed by atoms with van der Waals surface area (Å²) in [6.07, 6.45) is 1.59. The molecule has 0 spiro atoms. The van der Waals surface area contributed by atoms with Crippen LogP contribution in [0.5, 0.6) is 5.75 Å². The van der Waals surface area contributed by atoms with Gasteiger partial charge in [0.25, 0.3) is 0 Å². The minimum atomic E-state index is 0.0433. The van der Waals surface area contributed by atoms with Crippen LogP contribution in [-0.2, 0) is 0 Å². The maximum atomic E-state index is 11.8. The van der Waals surface area contributed by atoms with Gasteiger partial charge in [0.1, 0.15) is 5.75 Å².